The van der Waals surface area contributed by atoms with Gasteiger partial charge in [-0.3, -0.25) is 4.79 Å². The molecule has 0 radical (unpaired) electrons. The van der Waals surface area contributed by atoms with E-state index in [1.807, 2.05) is 17.9 Å². The van der Waals surface area contributed by atoms with Crippen LogP contribution in [0.3, 0.4) is 0 Å². The fraction of sp³-hybridized carbons (Fsp3) is 0.474. The van der Waals surface area contributed by atoms with Crippen molar-refractivity contribution in [3.8, 4) is 0 Å². The number of halogens is 1. The van der Waals surface area contributed by atoms with Crippen LogP contribution in [0.5, 0.6) is 0 Å². The van der Waals surface area contributed by atoms with Gasteiger partial charge in [0.2, 0.25) is 11.8 Å². The molecular formula is C19H23FN2O2. The van der Waals surface area contributed by atoms with Crippen LogP contribution in [-0.4, -0.2) is 28.9 Å². The second-order valence-electron chi connectivity index (χ2n) is 6.73. The molecule has 1 atom stereocenters. The van der Waals surface area contributed by atoms with Crippen molar-refractivity contribution >= 4 is 5.91 Å². The zero-order valence-corrected chi connectivity index (χ0v) is 14.2. The van der Waals surface area contributed by atoms with Crippen molar-refractivity contribution in [1.29, 1.82) is 0 Å². The summed E-state index contributed by atoms with van der Waals surface area (Å²) < 4.78 is 19.7. The largest absolute Gasteiger partial charge is 0.445 e. The van der Waals surface area contributed by atoms with Crippen LogP contribution in [-0.2, 0) is 16.6 Å². The SMILES string of the molecule is CCC(=O)N1CCCC(C)(c2ncc(Cc3ccccc3F)o2)C1. The number of hydrogen-bond donors (Lipinski definition) is 0. The third kappa shape index (κ3) is 3.35. The summed E-state index contributed by atoms with van der Waals surface area (Å²) >= 11 is 0. The van der Waals surface area contributed by atoms with E-state index < -0.39 is 0 Å². The summed E-state index contributed by atoms with van der Waals surface area (Å²) in [5.41, 5.74) is 0.313. The molecule has 1 saturated heterocycles. The summed E-state index contributed by atoms with van der Waals surface area (Å²) in [5.74, 6) is 1.22. The number of amides is 1. The van der Waals surface area contributed by atoms with Crippen LogP contribution in [0.4, 0.5) is 4.39 Å². The van der Waals surface area contributed by atoms with Crippen molar-refractivity contribution in [2.45, 2.75) is 44.9 Å². The third-order valence-corrected chi connectivity index (χ3v) is 4.74. The zero-order valence-electron chi connectivity index (χ0n) is 14.2. The smallest absolute Gasteiger partial charge is 0.222 e. The first kappa shape index (κ1) is 16.7. The fourth-order valence-electron chi connectivity index (χ4n) is 3.35. The van der Waals surface area contributed by atoms with Crippen molar-refractivity contribution in [1.82, 2.24) is 9.88 Å². The van der Waals surface area contributed by atoms with Gasteiger partial charge >= 0.3 is 0 Å². The molecule has 0 bridgehead atoms. The molecule has 2 aromatic rings. The highest BCUT2D eigenvalue weighted by Gasteiger charge is 2.38. The highest BCUT2D eigenvalue weighted by molar-refractivity contribution is 5.76. The van der Waals surface area contributed by atoms with Gasteiger partial charge in [0.25, 0.3) is 0 Å². The molecule has 1 amide bonds. The van der Waals surface area contributed by atoms with Gasteiger partial charge < -0.3 is 9.32 Å². The normalized spacial score (nSPS) is 21.0. The maximum Gasteiger partial charge on any atom is 0.222 e. The number of nitrogens with zero attached hydrogens (tertiary/aromatic N) is 2. The third-order valence-electron chi connectivity index (χ3n) is 4.74. The Kier molecular flexibility index (Phi) is 4.69. The van der Waals surface area contributed by atoms with Gasteiger partial charge in [-0.25, -0.2) is 9.37 Å². The number of hydrogen-bond acceptors (Lipinski definition) is 3. The lowest BCUT2D eigenvalue weighted by Crippen LogP contribution is -2.47. The van der Waals surface area contributed by atoms with E-state index in [0.29, 0.717) is 36.6 Å². The summed E-state index contributed by atoms with van der Waals surface area (Å²) in [7, 11) is 0. The highest BCUT2D eigenvalue weighted by atomic mass is 19.1. The van der Waals surface area contributed by atoms with E-state index in [0.717, 1.165) is 19.4 Å². The highest BCUT2D eigenvalue weighted by Crippen LogP contribution is 2.34. The minimum absolute atomic E-state index is 0.166. The average molecular weight is 330 g/mol. The molecule has 3 rings (SSSR count). The number of benzene rings is 1. The second-order valence-corrected chi connectivity index (χ2v) is 6.73. The number of rotatable bonds is 4. The first-order valence-electron chi connectivity index (χ1n) is 8.48. The van der Waals surface area contributed by atoms with Crippen molar-refractivity contribution < 1.29 is 13.6 Å². The quantitative estimate of drug-likeness (QED) is 0.859. The average Bonchev–Trinajstić information content (AvgIpc) is 3.06. The van der Waals surface area contributed by atoms with Gasteiger partial charge in [0.1, 0.15) is 11.6 Å². The molecule has 1 fully saturated rings. The Bertz CT molecular complexity index is 728. The predicted octanol–water partition coefficient (Wildman–Crippen LogP) is 3.69. The van der Waals surface area contributed by atoms with Crippen molar-refractivity contribution in [2.24, 2.45) is 0 Å². The molecule has 1 aliphatic rings. The van der Waals surface area contributed by atoms with E-state index in [1.165, 1.54) is 6.07 Å². The first-order chi connectivity index (χ1) is 11.5. The standard InChI is InChI=1S/C19H23FN2O2/c1-3-17(23)22-10-6-9-19(2,13-22)18-21-12-15(24-18)11-14-7-4-5-8-16(14)20/h4-5,7-8,12H,3,6,9-11,13H2,1-2H3. The van der Waals surface area contributed by atoms with Gasteiger partial charge in [-0.05, 0) is 31.4 Å². The summed E-state index contributed by atoms with van der Waals surface area (Å²) in [4.78, 5) is 18.3. The van der Waals surface area contributed by atoms with Gasteiger partial charge in [-0.15, -0.1) is 0 Å². The van der Waals surface area contributed by atoms with Crippen molar-refractivity contribution in [3.05, 3.63) is 53.5 Å². The molecule has 0 N–H and O–H groups in total. The summed E-state index contributed by atoms with van der Waals surface area (Å²) in [6.45, 7) is 5.39. The molecule has 0 saturated carbocycles. The van der Waals surface area contributed by atoms with E-state index in [9.17, 15) is 9.18 Å². The van der Waals surface area contributed by atoms with E-state index in [-0.39, 0.29) is 17.1 Å². The number of likely N-dealkylation sites (tertiary alicyclic amines) is 1. The second kappa shape index (κ2) is 6.75. The minimum Gasteiger partial charge on any atom is -0.445 e. The first-order valence-corrected chi connectivity index (χ1v) is 8.48. The lowest BCUT2D eigenvalue weighted by molar-refractivity contribution is -0.133. The fourth-order valence-corrected chi connectivity index (χ4v) is 3.35. The molecule has 0 aliphatic carbocycles. The van der Waals surface area contributed by atoms with Gasteiger partial charge in [-0.2, -0.15) is 0 Å². The predicted molar refractivity (Wildman–Crippen MR) is 89.2 cm³/mol. The van der Waals surface area contributed by atoms with Crippen molar-refractivity contribution in [2.75, 3.05) is 13.1 Å². The molecule has 2 heterocycles. The molecule has 4 nitrogen and oxygen atoms in total. The van der Waals surface area contributed by atoms with Gasteiger partial charge in [0, 0.05) is 25.9 Å². The maximum absolute atomic E-state index is 13.8. The number of oxazole rings is 1. The number of aromatic nitrogens is 1. The van der Waals surface area contributed by atoms with Crippen LogP contribution < -0.4 is 0 Å². The maximum atomic E-state index is 13.8. The molecular weight excluding hydrogens is 307 g/mol. The van der Waals surface area contributed by atoms with Crippen LogP contribution in [0, 0.1) is 5.82 Å². The topological polar surface area (TPSA) is 46.3 Å². The van der Waals surface area contributed by atoms with Gasteiger partial charge in [0.05, 0.1) is 11.6 Å². The molecule has 5 heteroatoms. The lowest BCUT2D eigenvalue weighted by atomic mass is 9.81. The van der Waals surface area contributed by atoms with Gasteiger partial charge in [-0.1, -0.05) is 25.1 Å². The zero-order chi connectivity index (χ0) is 17.2. The van der Waals surface area contributed by atoms with Crippen LogP contribution in [0.25, 0.3) is 0 Å². The Morgan fingerprint density at radius 2 is 2.21 bits per heavy atom. The van der Waals surface area contributed by atoms with E-state index in [2.05, 4.69) is 11.9 Å². The molecule has 0 spiro atoms. The van der Waals surface area contributed by atoms with E-state index in [1.54, 1.807) is 18.3 Å². The van der Waals surface area contributed by atoms with Crippen LogP contribution in [0.1, 0.15) is 50.3 Å². The Morgan fingerprint density at radius 1 is 1.42 bits per heavy atom. The van der Waals surface area contributed by atoms with Crippen molar-refractivity contribution in [3.63, 3.8) is 0 Å². The summed E-state index contributed by atoms with van der Waals surface area (Å²) in [6, 6.07) is 6.68. The Morgan fingerprint density at radius 3 is 2.96 bits per heavy atom. The summed E-state index contributed by atoms with van der Waals surface area (Å²) in [6.07, 6.45) is 4.44. The number of carbonyl (C=O) groups excluding carboxylic acids is 1. The summed E-state index contributed by atoms with van der Waals surface area (Å²) in [5, 5.41) is 0. The van der Waals surface area contributed by atoms with E-state index in [4.69, 9.17) is 4.42 Å². The van der Waals surface area contributed by atoms with E-state index >= 15 is 0 Å². The Labute approximate surface area is 141 Å². The number of piperidine rings is 1. The minimum atomic E-state index is -0.281. The Balaban J connectivity index is 1.77. The molecule has 1 unspecified atom stereocenters. The Hall–Kier alpha value is -2.17. The van der Waals surface area contributed by atoms with Crippen LogP contribution in [0.15, 0.2) is 34.9 Å². The van der Waals surface area contributed by atoms with Crippen LogP contribution in [0.2, 0.25) is 0 Å². The monoisotopic (exact) mass is 330 g/mol. The molecule has 24 heavy (non-hydrogen) atoms. The lowest BCUT2D eigenvalue weighted by Gasteiger charge is -2.38. The van der Waals surface area contributed by atoms with Gasteiger partial charge in [0.15, 0.2) is 0 Å². The molecule has 1 aliphatic heterocycles. The molecule has 1 aromatic heterocycles. The molecule has 128 valence electrons. The van der Waals surface area contributed by atoms with Crippen LogP contribution >= 0.6 is 0 Å². The number of carbonyl (C=O) groups is 1. The molecule has 1 aromatic carbocycles.